The summed E-state index contributed by atoms with van der Waals surface area (Å²) in [6.45, 7) is 4.24. The van der Waals surface area contributed by atoms with Gasteiger partial charge in [0.05, 0.1) is 19.2 Å². The lowest BCUT2D eigenvalue weighted by Crippen LogP contribution is -2.24. The third-order valence-electron chi connectivity index (χ3n) is 2.92. The number of hydrogen-bond donors (Lipinski definition) is 0. The van der Waals surface area contributed by atoms with Crippen LogP contribution in [0.25, 0.3) is 0 Å². The Bertz CT molecular complexity index is 385. The average molecular weight is 239 g/mol. The third kappa shape index (κ3) is 3.30. The van der Waals surface area contributed by atoms with Crippen LogP contribution < -0.4 is 0 Å². The summed E-state index contributed by atoms with van der Waals surface area (Å²) in [6.07, 6.45) is 2.17. The molecule has 96 valence electrons. The van der Waals surface area contributed by atoms with Crippen molar-refractivity contribution >= 4 is 5.97 Å². The van der Waals surface area contributed by atoms with Crippen molar-refractivity contribution in [2.75, 3.05) is 20.7 Å². The Morgan fingerprint density at radius 3 is 2.65 bits per heavy atom. The summed E-state index contributed by atoms with van der Waals surface area (Å²) in [5.41, 5.74) is 2.15. The molecule has 1 rings (SSSR count). The van der Waals surface area contributed by atoms with Crippen molar-refractivity contribution in [1.29, 1.82) is 0 Å². The summed E-state index contributed by atoms with van der Waals surface area (Å²) in [5, 5.41) is 4.21. The van der Waals surface area contributed by atoms with Crippen LogP contribution in [-0.2, 0) is 16.6 Å². The molecule has 0 aliphatic rings. The number of carbonyl (C=O) groups excluding carboxylic acids is 1. The molecule has 0 radical (unpaired) electrons. The van der Waals surface area contributed by atoms with Gasteiger partial charge in [0.1, 0.15) is 0 Å². The van der Waals surface area contributed by atoms with Gasteiger partial charge >= 0.3 is 5.97 Å². The normalized spacial score (nSPS) is 12.8. The van der Waals surface area contributed by atoms with Gasteiger partial charge in [-0.1, -0.05) is 0 Å². The van der Waals surface area contributed by atoms with Crippen molar-refractivity contribution in [3.8, 4) is 0 Å². The Morgan fingerprint density at radius 1 is 1.59 bits per heavy atom. The first kappa shape index (κ1) is 13.7. The Kier molecular flexibility index (Phi) is 4.69. The monoisotopic (exact) mass is 239 g/mol. The van der Waals surface area contributed by atoms with Gasteiger partial charge in [-0.2, -0.15) is 5.10 Å². The third-order valence-corrected chi connectivity index (χ3v) is 2.92. The van der Waals surface area contributed by atoms with Crippen LogP contribution in [0.15, 0.2) is 6.20 Å². The highest BCUT2D eigenvalue weighted by atomic mass is 16.5. The van der Waals surface area contributed by atoms with E-state index >= 15 is 0 Å². The number of aromatic nitrogens is 2. The van der Waals surface area contributed by atoms with E-state index in [1.807, 2.05) is 50.8 Å². The first-order valence-electron chi connectivity index (χ1n) is 5.77. The van der Waals surface area contributed by atoms with Crippen molar-refractivity contribution in [2.45, 2.75) is 26.3 Å². The molecule has 1 unspecified atom stereocenters. The smallest absolute Gasteiger partial charge is 0.307 e. The number of ether oxygens (including phenoxy) is 1. The van der Waals surface area contributed by atoms with E-state index in [1.54, 1.807) is 0 Å². The second-order valence-corrected chi connectivity index (χ2v) is 4.30. The maximum absolute atomic E-state index is 11.6. The number of aryl methyl sites for hydroxylation is 1. The Labute approximate surface area is 102 Å². The molecule has 0 aromatic carbocycles. The van der Waals surface area contributed by atoms with Gasteiger partial charge in [-0.05, 0) is 27.9 Å². The highest BCUT2D eigenvalue weighted by Crippen LogP contribution is 2.24. The predicted octanol–water partition coefficient (Wildman–Crippen LogP) is 1.28. The highest BCUT2D eigenvalue weighted by Gasteiger charge is 2.22. The fraction of sp³-hybridized carbons (Fsp3) is 0.667. The summed E-state index contributed by atoms with van der Waals surface area (Å²) in [4.78, 5) is 13.6. The molecular formula is C12H21N3O2. The van der Waals surface area contributed by atoms with E-state index in [2.05, 4.69) is 5.10 Å². The van der Waals surface area contributed by atoms with E-state index < -0.39 is 0 Å². The van der Waals surface area contributed by atoms with Crippen LogP contribution in [0.5, 0.6) is 0 Å². The van der Waals surface area contributed by atoms with Gasteiger partial charge in [-0.25, -0.2) is 0 Å². The number of nitrogens with zero attached hydrogens (tertiary/aromatic N) is 3. The quantitative estimate of drug-likeness (QED) is 0.726. The maximum atomic E-state index is 11.6. The Balaban J connectivity index is 2.87. The molecule has 0 saturated carbocycles. The molecule has 0 amide bonds. The van der Waals surface area contributed by atoms with Gasteiger partial charge in [0.15, 0.2) is 0 Å². The molecule has 17 heavy (non-hydrogen) atoms. The van der Waals surface area contributed by atoms with E-state index in [4.69, 9.17) is 4.74 Å². The minimum absolute atomic E-state index is 0.0164. The van der Waals surface area contributed by atoms with E-state index in [0.29, 0.717) is 13.0 Å². The van der Waals surface area contributed by atoms with Crippen LogP contribution in [-0.4, -0.2) is 41.4 Å². The number of rotatable bonds is 5. The van der Waals surface area contributed by atoms with E-state index in [0.717, 1.165) is 11.3 Å². The van der Waals surface area contributed by atoms with Gasteiger partial charge < -0.3 is 9.64 Å². The fourth-order valence-corrected chi connectivity index (χ4v) is 1.79. The van der Waals surface area contributed by atoms with E-state index in [-0.39, 0.29) is 12.0 Å². The van der Waals surface area contributed by atoms with E-state index in [1.165, 1.54) is 0 Å². The molecule has 1 aromatic rings. The minimum Gasteiger partial charge on any atom is -0.466 e. The van der Waals surface area contributed by atoms with Crippen LogP contribution >= 0.6 is 0 Å². The van der Waals surface area contributed by atoms with Crippen molar-refractivity contribution in [3.63, 3.8) is 0 Å². The second-order valence-electron chi connectivity index (χ2n) is 4.30. The summed E-state index contributed by atoms with van der Waals surface area (Å²) in [7, 11) is 5.81. The summed E-state index contributed by atoms with van der Waals surface area (Å²) in [6, 6.07) is 0.0164. The summed E-state index contributed by atoms with van der Waals surface area (Å²) < 4.78 is 6.81. The number of carbonyl (C=O) groups is 1. The molecular weight excluding hydrogens is 218 g/mol. The number of esters is 1. The van der Waals surface area contributed by atoms with Crippen LogP contribution in [0.3, 0.4) is 0 Å². The van der Waals surface area contributed by atoms with Gasteiger partial charge in [0, 0.05) is 24.3 Å². The second kappa shape index (κ2) is 5.82. The zero-order valence-corrected chi connectivity index (χ0v) is 11.2. The molecule has 1 atom stereocenters. The van der Waals surface area contributed by atoms with E-state index in [9.17, 15) is 4.79 Å². The molecule has 0 saturated heterocycles. The Morgan fingerprint density at radius 2 is 2.24 bits per heavy atom. The summed E-state index contributed by atoms with van der Waals surface area (Å²) >= 11 is 0. The highest BCUT2D eigenvalue weighted by molar-refractivity contribution is 5.70. The first-order chi connectivity index (χ1) is 7.97. The molecule has 5 heteroatoms. The molecule has 0 bridgehead atoms. The molecule has 5 nitrogen and oxygen atoms in total. The van der Waals surface area contributed by atoms with Crippen LogP contribution in [0.1, 0.15) is 30.6 Å². The first-order valence-corrected chi connectivity index (χ1v) is 5.77. The van der Waals surface area contributed by atoms with Gasteiger partial charge in [0.25, 0.3) is 0 Å². The molecule has 0 fully saturated rings. The molecule has 0 N–H and O–H groups in total. The van der Waals surface area contributed by atoms with Crippen LogP contribution in [0.4, 0.5) is 0 Å². The van der Waals surface area contributed by atoms with Crippen molar-refractivity contribution in [3.05, 3.63) is 17.5 Å². The standard InChI is InChI=1S/C12H21N3O2/c1-6-17-12(16)7-11(14(3)4)10-8-13-15(5)9(10)2/h8,11H,6-7H2,1-5H3. The maximum Gasteiger partial charge on any atom is 0.307 e. The Hall–Kier alpha value is -1.36. The van der Waals surface area contributed by atoms with Crippen molar-refractivity contribution in [1.82, 2.24) is 14.7 Å². The molecule has 0 aliphatic carbocycles. The van der Waals surface area contributed by atoms with Gasteiger partial charge in [0.2, 0.25) is 0 Å². The molecule has 0 aliphatic heterocycles. The lowest BCUT2D eigenvalue weighted by atomic mass is 10.0. The van der Waals surface area contributed by atoms with Crippen molar-refractivity contribution < 1.29 is 9.53 Å². The SMILES string of the molecule is CCOC(=O)CC(c1cnn(C)c1C)N(C)C. The average Bonchev–Trinajstić information content (AvgIpc) is 2.57. The lowest BCUT2D eigenvalue weighted by Gasteiger charge is -2.23. The molecule has 1 heterocycles. The van der Waals surface area contributed by atoms with Gasteiger partial charge in [-0.3, -0.25) is 9.48 Å². The molecule has 1 aromatic heterocycles. The summed E-state index contributed by atoms with van der Waals surface area (Å²) in [5.74, 6) is -0.172. The lowest BCUT2D eigenvalue weighted by molar-refractivity contribution is -0.144. The zero-order valence-electron chi connectivity index (χ0n) is 11.2. The van der Waals surface area contributed by atoms with Gasteiger partial charge in [-0.15, -0.1) is 0 Å². The predicted molar refractivity (Wildman–Crippen MR) is 65.6 cm³/mol. The topological polar surface area (TPSA) is 47.4 Å². The van der Waals surface area contributed by atoms with Crippen LogP contribution in [0.2, 0.25) is 0 Å². The molecule has 0 spiro atoms. The minimum atomic E-state index is -0.172. The van der Waals surface area contributed by atoms with Crippen LogP contribution in [0, 0.1) is 6.92 Å². The fourth-order valence-electron chi connectivity index (χ4n) is 1.79. The largest absolute Gasteiger partial charge is 0.466 e. The number of hydrogen-bond acceptors (Lipinski definition) is 4. The zero-order chi connectivity index (χ0) is 13.0. The van der Waals surface area contributed by atoms with Crippen molar-refractivity contribution in [2.24, 2.45) is 7.05 Å².